The summed E-state index contributed by atoms with van der Waals surface area (Å²) >= 11 is 0. The molecule has 1 unspecified atom stereocenters. The molecule has 0 spiro atoms. The summed E-state index contributed by atoms with van der Waals surface area (Å²) in [5.74, 6) is -4.01. The van der Waals surface area contributed by atoms with Gasteiger partial charge >= 0.3 is 18.1 Å². The molecule has 1 aromatic rings. The number of aliphatic carboxylic acids is 1. The molecule has 110 valence electrons. The topological polar surface area (TPSA) is 77.8 Å². The van der Waals surface area contributed by atoms with Crippen molar-refractivity contribution in [3.63, 3.8) is 0 Å². The first-order chi connectivity index (χ1) is 9.27. The van der Waals surface area contributed by atoms with Gasteiger partial charge in [0.1, 0.15) is 0 Å². The molecule has 0 fully saturated rings. The van der Waals surface area contributed by atoms with E-state index in [4.69, 9.17) is 10.2 Å². The van der Waals surface area contributed by atoms with E-state index in [9.17, 15) is 22.8 Å². The van der Waals surface area contributed by atoms with Gasteiger partial charge in [-0.2, -0.15) is 13.2 Å². The lowest BCUT2D eigenvalue weighted by molar-refractivity contribution is -0.191. The third kappa shape index (κ3) is 3.95. The average Bonchev–Trinajstić information content (AvgIpc) is 2.37. The highest BCUT2D eigenvalue weighted by atomic mass is 19.4. The number of amides is 1. The maximum atomic E-state index is 12.5. The highest BCUT2D eigenvalue weighted by molar-refractivity contribution is 5.87. The number of carboxylic acid groups (broad SMARTS) is 1. The van der Waals surface area contributed by atoms with E-state index in [1.54, 1.807) is 18.2 Å². The second-order valence-corrected chi connectivity index (χ2v) is 3.95. The summed E-state index contributed by atoms with van der Waals surface area (Å²) in [6.45, 7) is -1.67. The highest BCUT2D eigenvalue weighted by Gasteiger charge is 2.46. The smallest absolute Gasteiger partial charge is 0.471 e. The van der Waals surface area contributed by atoms with Crippen LogP contribution in [0.1, 0.15) is 5.56 Å². The van der Waals surface area contributed by atoms with Gasteiger partial charge in [0.2, 0.25) is 0 Å². The van der Waals surface area contributed by atoms with Crippen LogP contribution in [-0.4, -0.2) is 45.8 Å². The Labute approximate surface area is 112 Å². The first kappa shape index (κ1) is 16.0. The van der Waals surface area contributed by atoms with Gasteiger partial charge in [-0.1, -0.05) is 30.3 Å². The van der Waals surface area contributed by atoms with Gasteiger partial charge in [0.25, 0.3) is 0 Å². The Morgan fingerprint density at radius 1 is 1.20 bits per heavy atom. The number of benzene rings is 1. The minimum absolute atomic E-state index is 0.0949. The molecule has 0 heterocycles. The molecule has 1 aromatic carbocycles. The highest BCUT2D eigenvalue weighted by Crippen LogP contribution is 2.22. The van der Waals surface area contributed by atoms with E-state index in [0.29, 0.717) is 5.56 Å². The molecule has 0 aliphatic rings. The van der Waals surface area contributed by atoms with Crippen LogP contribution in [0.25, 0.3) is 0 Å². The molecule has 0 aromatic heterocycles. The van der Waals surface area contributed by atoms with Crippen molar-refractivity contribution in [3.05, 3.63) is 35.9 Å². The van der Waals surface area contributed by atoms with Crippen LogP contribution in [0.15, 0.2) is 30.3 Å². The third-order valence-electron chi connectivity index (χ3n) is 2.53. The predicted molar refractivity (Wildman–Crippen MR) is 61.6 cm³/mol. The van der Waals surface area contributed by atoms with Crippen molar-refractivity contribution < 1.29 is 33.0 Å². The van der Waals surface area contributed by atoms with E-state index in [-0.39, 0.29) is 4.90 Å². The van der Waals surface area contributed by atoms with Crippen LogP contribution in [0.4, 0.5) is 13.2 Å². The zero-order chi connectivity index (χ0) is 15.3. The Hall–Kier alpha value is -2.09. The van der Waals surface area contributed by atoms with Crippen molar-refractivity contribution in [2.75, 3.05) is 6.61 Å². The van der Waals surface area contributed by atoms with E-state index >= 15 is 0 Å². The predicted octanol–water partition coefficient (Wildman–Crippen LogP) is 1.02. The van der Waals surface area contributed by atoms with Crippen LogP contribution in [0, 0.1) is 0 Å². The van der Waals surface area contributed by atoms with Crippen LogP contribution in [-0.2, 0) is 16.1 Å². The number of aliphatic hydroxyl groups is 1. The molecule has 0 saturated heterocycles. The zero-order valence-corrected chi connectivity index (χ0v) is 10.2. The summed E-state index contributed by atoms with van der Waals surface area (Å²) in [7, 11) is 0. The molecule has 0 aliphatic carbocycles. The molecule has 1 atom stereocenters. The molecule has 8 heteroatoms. The van der Waals surface area contributed by atoms with Gasteiger partial charge in [0.15, 0.2) is 6.04 Å². The van der Waals surface area contributed by atoms with Crippen molar-refractivity contribution in [1.82, 2.24) is 4.90 Å². The van der Waals surface area contributed by atoms with Crippen LogP contribution in [0.2, 0.25) is 0 Å². The van der Waals surface area contributed by atoms with E-state index in [1.165, 1.54) is 12.1 Å². The molecule has 0 radical (unpaired) electrons. The molecule has 0 bridgehead atoms. The standard InChI is InChI=1S/C12H12F3NO4/c13-12(14,15)11(20)16(9(7-17)10(18)19)6-8-4-2-1-3-5-8/h1-5,9,17H,6-7H2,(H,18,19). The van der Waals surface area contributed by atoms with Crippen LogP contribution >= 0.6 is 0 Å². The first-order valence-electron chi connectivity index (χ1n) is 5.52. The number of rotatable bonds is 5. The second kappa shape index (κ2) is 6.38. The molecule has 0 aliphatic heterocycles. The normalized spacial score (nSPS) is 12.8. The van der Waals surface area contributed by atoms with Crippen molar-refractivity contribution in [2.45, 2.75) is 18.8 Å². The van der Waals surface area contributed by atoms with E-state index < -0.39 is 37.2 Å². The number of nitrogens with zero attached hydrogens (tertiary/aromatic N) is 1. The van der Waals surface area contributed by atoms with Crippen LogP contribution in [0.3, 0.4) is 0 Å². The lowest BCUT2D eigenvalue weighted by Gasteiger charge is -2.28. The lowest BCUT2D eigenvalue weighted by Crippen LogP contribution is -2.51. The zero-order valence-electron chi connectivity index (χ0n) is 10.2. The summed E-state index contributed by atoms with van der Waals surface area (Å²) in [5.41, 5.74) is 0.324. The summed E-state index contributed by atoms with van der Waals surface area (Å²) in [6.07, 6.45) is -5.21. The fourth-order valence-electron chi connectivity index (χ4n) is 1.58. The van der Waals surface area contributed by atoms with E-state index in [2.05, 4.69) is 0 Å². The monoisotopic (exact) mass is 291 g/mol. The molecular weight excluding hydrogens is 279 g/mol. The van der Waals surface area contributed by atoms with E-state index in [0.717, 1.165) is 0 Å². The Bertz CT molecular complexity index is 475. The number of carbonyl (C=O) groups excluding carboxylic acids is 1. The number of aliphatic hydroxyl groups excluding tert-OH is 1. The third-order valence-corrected chi connectivity index (χ3v) is 2.53. The SMILES string of the molecule is O=C(O)C(CO)N(Cc1ccccc1)C(=O)C(F)(F)F. The lowest BCUT2D eigenvalue weighted by atomic mass is 10.1. The maximum Gasteiger partial charge on any atom is 0.471 e. The summed E-state index contributed by atoms with van der Waals surface area (Å²) in [6, 6.07) is 5.66. The Kier molecular flexibility index (Phi) is 5.09. The summed E-state index contributed by atoms with van der Waals surface area (Å²) in [5, 5.41) is 17.7. The minimum atomic E-state index is -5.21. The second-order valence-electron chi connectivity index (χ2n) is 3.95. The van der Waals surface area contributed by atoms with Gasteiger partial charge in [-0.3, -0.25) is 4.79 Å². The number of carbonyl (C=O) groups is 2. The summed E-state index contributed by atoms with van der Waals surface area (Å²) in [4.78, 5) is 22.3. The minimum Gasteiger partial charge on any atom is -0.480 e. The number of hydrogen-bond acceptors (Lipinski definition) is 3. The van der Waals surface area contributed by atoms with Crippen molar-refractivity contribution >= 4 is 11.9 Å². The Morgan fingerprint density at radius 3 is 2.15 bits per heavy atom. The number of halogens is 3. The maximum absolute atomic E-state index is 12.5. The number of alkyl halides is 3. The molecule has 2 N–H and O–H groups in total. The average molecular weight is 291 g/mol. The van der Waals surface area contributed by atoms with Crippen molar-refractivity contribution in [1.29, 1.82) is 0 Å². The fourth-order valence-corrected chi connectivity index (χ4v) is 1.58. The van der Waals surface area contributed by atoms with E-state index in [1.807, 2.05) is 0 Å². The quantitative estimate of drug-likeness (QED) is 0.849. The van der Waals surface area contributed by atoms with Crippen LogP contribution < -0.4 is 0 Å². The van der Waals surface area contributed by atoms with Gasteiger partial charge in [-0.05, 0) is 5.56 Å². The largest absolute Gasteiger partial charge is 0.480 e. The van der Waals surface area contributed by atoms with Gasteiger partial charge in [-0.15, -0.1) is 0 Å². The van der Waals surface area contributed by atoms with Gasteiger partial charge in [0, 0.05) is 6.54 Å². The van der Waals surface area contributed by atoms with Gasteiger partial charge < -0.3 is 15.1 Å². The van der Waals surface area contributed by atoms with Gasteiger partial charge in [0.05, 0.1) is 6.61 Å². The molecule has 0 saturated carbocycles. The molecule has 1 rings (SSSR count). The molecule has 20 heavy (non-hydrogen) atoms. The van der Waals surface area contributed by atoms with Gasteiger partial charge in [-0.25, -0.2) is 4.79 Å². The van der Waals surface area contributed by atoms with Crippen LogP contribution in [0.5, 0.6) is 0 Å². The molecular formula is C12H12F3NO4. The van der Waals surface area contributed by atoms with Crippen molar-refractivity contribution in [2.24, 2.45) is 0 Å². The first-order valence-corrected chi connectivity index (χ1v) is 5.52. The number of hydrogen-bond donors (Lipinski definition) is 2. The number of carboxylic acids is 1. The van der Waals surface area contributed by atoms with Crippen molar-refractivity contribution in [3.8, 4) is 0 Å². The molecule has 5 nitrogen and oxygen atoms in total. The molecule has 1 amide bonds. The summed E-state index contributed by atoms with van der Waals surface area (Å²) < 4.78 is 37.5. The fraction of sp³-hybridized carbons (Fsp3) is 0.333. The Balaban J connectivity index is 3.07. The Morgan fingerprint density at radius 2 is 1.75 bits per heavy atom.